The first-order chi connectivity index (χ1) is 7.72. The highest BCUT2D eigenvalue weighted by Crippen LogP contribution is 2.23. The molecular formula is C11H11BrClN3. The number of hydrogen-bond acceptors (Lipinski definition) is 2. The molecule has 2 aromatic rings. The lowest BCUT2D eigenvalue weighted by atomic mass is 10.3. The molecule has 2 rings (SSSR count). The second kappa shape index (κ2) is 4.99. The molecule has 0 saturated carbocycles. The van der Waals surface area contributed by atoms with E-state index in [0.717, 1.165) is 22.3 Å². The van der Waals surface area contributed by atoms with E-state index in [2.05, 4.69) is 21.0 Å². The van der Waals surface area contributed by atoms with Gasteiger partial charge in [-0.15, -0.1) is 0 Å². The predicted octanol–water partition coefficient (Wildman–Crippen LogP) is 2.79. The zero-order chi connectivity index (χ0) is 11.5. The van der Waals surface area contributed by atoms with Crippen molar-refractivity contribution in [3.63, 3.8) is 0 Å². The maximum atomic E-state index is 6.10. The van der Waals surface area contributed by atoms with Gasteiger partial charge in [0.2, 0.25) is 0 Å². The van der Waals surface area contributed by atoms with E-state index in [1.54, 1.807) is 4.68 Å². The van der Waals surface area contributed by atoms with E-state index >= 15 is 0 Å². The molecule has 1 aromatic heterocycles. The van der Waals surface area contributed by atoms with E-state index in [1.165, 1.54) is 0 Å². The third-order valence-electron chi connectivity index (χ3n) is 2.22. The van der Waals surface area contributed by atoms with Gasteiger partial charge in [0.25, 0.3) is 0 Å². The number of benzene rings is 1. The van der Waals surface area contributed by atoms with Crippen LogP contribution in [-0.2, 0) is 6.42 Å². The molecular weight excluding hydrogens is 289 g/mol. The van der Waals surface area contributed by atoms with E-state index in [4.69, 9.17) is 17.3 Å². The Morgan fingerprint density at radius 3 is 2.81 bits per heavy atom. The van der Waals surface area contributed by atoms with Crippen LogP contribution in [0, 0.1) is 0 Å². The summed E-state index contributed by atoms with van der Waals surface area (Å²) in [7, 11) is 0. The summed E-state index contributed by atoms with van der Waals surface area (Å²) in [6.45, 7) is 0.581. The van der Waals surface area contributed by atoms with E-state index in [-0.39, 0.29) is 0 Å². The van der Waals surface area contributed by atoms with Crippen molar-refractivity contribution in [1.82, 2.24) is 9.78 Å². The van der Waals surface area contributed by atoms with Gasteiger partial charge >= 0.3 is 0 Å². The molecule has 0 fully saturated rings. The number of para-hydroxylation sites is 1. The van der Waals surface area contributed by atoms with Crippen molar-refractivity contribution < 1.29 is 0 Å². The largest absolute Gasteiger partial charge is 0.330 e. The van der Waals surface area contributed by atoms with Gasteiger partial charge in [-0.3, -0.25) is 0 Å². The first-order valence-corrected chi connectivity index (χ1v) is 6.08. The number of halogens is 2. The van der Waals surface area contributed by atoms with Crippen molar-refractivity contribution in [3.05, 3.63) is 45.7 Å². The highest BCUT2D eigenvalue weighted by Gasteiger charge is 2.08. The molecule has 3 nitrogen and oxygen atoms in total. The molecule has 0 amide bonds. The number of nitrogens with two attached hydrogens (primary N) is 1. The number of rotatable bonds is 3. The fourth-order valence-corrected chi connectivity index (χ4v) is 2.15. The van der Waals surface area contributed by atoms with Crippen LogP contribution in [-0.4, -0.2) is 16.3 Å². The summed E-state index contributed by atoms with van der Waals surface area (Å²) in [5, 5.41) is 5.11. The van der Waals surface area contributed by atoms with Crippen molar-refractivity contribution in [2.24, 2.45) is 5.73 Å². The Morgan fingerprint density at radius 2 is 2.12 bits per heavy atom. The quantitative estimate of drug-likeness (QED) is 0.947. The molecule has 16 heavy (non-hydrogen) atoms. The summed E-state index contributed by atoms with van der Waals surface area (Å²) in [4.78, 5) is 0. The van der Waals surface area contributed by atoms with Crippen molar-refractivity contribution in [3.8, 4) is 5.69 Å². The van der Waals surface area contributed by atoms with Crippen LogP contribution in [0.5, 0.6) is 0 Å². The standard InChI is InChI=1S/C11H11BrClN3/c12-8-7-16(15-10(8)5-6-14)11-4-2-1-3-9(11)13/h1-4,7H,5-6,14H2. The highest BCUT2D eigenvalue weighted by atomic mass is 79.9. The lowest BCUT2D eigenvalue weighted by Crippen LogP contribution is -2.04. The summed E-state index contributed by atoms with van der Waals surface area (Å²) in [5.74, 6) is 0. The zero-order valence-electron chi connectivity index (χ0n) is 8.53. The summed E-state index contributed by atoms with van der Waals surface area (Å²) in [6, 6.07) is 7.59. The third-order valence-corrected chi connectivity index (χ3v) is 3.20. The molecule has 2 N–H and O–H groups in total. The lowest BCUT2D eigenvalue weighted by molar-refractivity contribution is 0.821. The smallest absolute Gasteiger partial charge is 0.0832 e. The predicted molar refractivity (Wildman–Crippen MR) is 69.0 cm³/mol. The van der Waals surface area contributed by atoms with Gasteiger partial charge in [0, 0.05) is 12.6 Å². The molecule has 0 radical (unpaired) electrons. The SMILES string of the molecule is NCCc1nn(-c2ccccc2Cl)cc1Br. The van der Waals surface area contributed by atoms with Gasteiger partial charge in [0.15, 0.2) is 0 Å². The summed E-state index contributed by atoms with van der Waals surface area (Å²) in [6.07, 6.45) is 2.64. The second-order valence-electron chi connectivity index (χ2n) is 3.36. The molecule has 0 saturated heterocycles. The first kappa shape index (κ1) is 11.6. The van der Waals surface area contributed by atoms with Crippen molar-refractivity contribution >= 4 is 27.5 Å². The van der Waals surface area contributed by atoms with Crippen molar-refractivity contribution in [1.29, 1.82) is 0 Å². The molecule has 1 aromatic carbocycles. The van der Waals surface area contributed by atoms with E-state index in [9.17, 15) is 0 Å². The van der Waals surface area contributed by atoms with Gasteiger partial charge < -0.3 is 5.73 Å². The number of nitrogens with zero attached hydrogens (tertiary/aromatic N) is 2. The van der Waals surface area contributed by atoms with E-state index < -0.39 is 0 Å². The molecule has 0 atom stereocenters. The molecule has 0 aliphatic carbocycles. The summed E-state index contributed by atoms with van der Waals surface area (Å²) < 4.78 is 2.72. The highest BCUT2D eigenvalue weighted by molar-refractivity contribution is 9.10. The molecule has 0 aliphatic rings. The minimum absolute atomic E-state index is 0.581. The van der Waals surface area contributed by atoms with Gasteiger partial charge in [-0.05, 0) is 34.6 Å². The van der Waals surface area contributed by atoms with Crippen LogP contribution in [0.4, 0.5) is 0 Å². The molecule has 0 aliphatic heterocycles. The van der Waals surface area contributed by atoms with Crippen LogP contribution < -0.4 is 5.73 Å². The Hall–Kier alpha value is -0.840. The molecule has 0 unspecified atom stereocenters. The Balaban J connectivity index is 2.42. The minimum Gasteiger partial charge on any atom is -0.330 e. The average Bonchev–Trinajstić information content (AvgIpc) is 2.61. The molecule has 5 heteroatoms. The van der Waals surface area contributed by atoms with Crippen LogP contribution in [0.1, 0.15) is 5.69 Å². The van der Waals surface area contributed by atoms with Crippen LogP contribution in [0.15, 0.2) is 34.9 Å². The summed E-state index contributed by atoms with van der Waals surface area (Å²) >= 11 is 9.55. The van der Waals surface area contributed by atoms with Gasteiger partial charge in [0.1, 0.15) is 0 Å². The second-order valence-corrected chi connectivity index (χ2v) is 4.62. The topological polar surface area (TPSA) is 43.8 Å². The van der Waals surface area contributed by atoms with Gasteiger partial charge in [-0.2, -0.15) is 5.10 Å². The van der Waals surface area contributed by atoms with Crippen LogP contribution >= 0.6 is 27.5 Å². The third kappa shape index (κ3) is 2.29. The normalized spacial score (nSPS) is 10.7. The maximum absolute atomic E-state index is 6.10. The first-order valence-electron chi connectivity index (χ1n) is 4.91. The Kier molecular flexibility index (Phi) is 3.63. The number of hydrogen-bond donors (Lipinski definition) is 1. The van der Waals surface area contributed by atoms with Crippen LogP contribution in [0.3, 0.4) is 0 Å². The van der Waals surface area contributed by atoms with Crippen molar-refractivity contribution in [2.75, 3.05) is 6.54 Å². The Labute approximate surface area is 107 Å². The number of aromatic nitrogens is 2. The fourth-order valence-electron chi connectivity index (χ4n) is 1.46. The van der Waals surface area contributed by atoms with Crippen molar-refractivity contribution in [2.45, 2.75) is 6.42 Å². The van der Waals surface area contributed by atoms with Gasteiger partial charge in [-0.25, -0.2) is 4.68 Å². The van der Waals surface area contributed by atoms with Crippen LogP contribution in [0.2, 0.25) is 5.02 Å². The Morgan fingerprint density at radius 1 is 1.38 bits per heavy atom. The zero-order valence-corrected chi connectivity index (χ0v) is 10.9. The van der Waals surface area contributed by atoms with Gasteiger partial charge in [0.05, 0.1) is 20.9 Å². The minimum atomic E-state index is 0.581. The molecule has 0 spiro atoms. The molecule has 1 heterocycles. The van der Waals surface area contributed by atoms with E-state index in [0.29, 0.717) is 11.6 Å². The average molecular weight is 301 g/mol. The monoisotopic (exact) mass is 299 g/mol. The lowest BCUT2D eigenvalue weighted by Gasteiger charge is -2.02. The van der Waals surface area contributed by atoms with E-state index in [1.807, 2.05) is 30.5 Å². The maximum Gasteiger partial charge on any atom is 0.0832 e. The Bertz CT molecular complexity index is 496. The van der Waals surface area contributed by atoms with Crippen LogP contribution in [0.25, 0.3) is 5.69 Å². The fraction of sp³-hybridized carbons (Fsp3) is 0.182. The summed E-state index contributed by atoms with van der Waals surface area (Å²) in [5.41, 5.74) is 7.33. The molecule has 84 valence electrons. The molecule has 0 bridgehead atoms. The van der Waals surface area contributed by atoms with Gasteiger partial charge in [-0.1, -0.05) is 23.7 Å².